The molecule has 0 aliphatic carbocycles. The molecule has 3 aromatic rings. The van der Waals surface area contributed by atoms with E-state index in [1.54, 1.807) is 19.4 Å². The topological polar surface area (TPSA) is 72.4 Å². The SMILES string of the molecule is COc1cc(Nc2ncc3c(n2)N(CC(F)(F)F)CCO3)ccc1-c1ccnc(C)c1. The number of aryl methyl sites for hydroxylation is 1. The van der Waals surface area contributed by atoms with Crippen molar-refractivity contribution >= 4 is 17.5 Å². The van der Waals surface area contributed by atoms with Gasteiger partial charge in [-0.2, -0.15) is 18.2 Å². The van der Waals surface area contributed by atoms with Crippen LogP contribution in [-0.4, -0.2) is 47.9 Å². The molecule has 1 aromatic carbocycles. The molecule has 0 fully saturated rings. The van der Waals surface area contributed by atoms with Gasteiger partial charge in [-0.15, -0.1) is 0 Å². The molecule has 0 radical (unpaired) electrons. The predicted molar refractivity (Wildman–Crippen MR) is 110 cm³/mol. The van der Waals surface area contributed by atoms with Crippen LogP contribution in [0, 0.1) is 6.92 Å². The van der Waals surface area contributed by atoms with E-state index in [2.05, 4.69) is 20.3 Å². The Morgan fingerprint density at radius 1 is 1.19 bits per heavy atom. The van der Waals surface area contributed by atoms with Crippen LogP contribution in [0.3, 0.4) is 0 Å². The van der Waals surface area contributed by atoms with Gasteiger partial charge in [0, 0.05) is 29.2 Å². The van der Waals surface area contributed by atoms with E-state index in [1.807, 2.05) is 31.2 Å². The highest BCUT2D eigenvalue weighted by Crippen LogP contribution is 2.35. The van der Waals surface area contributed by atoms with Crippen LogP contribution >= 0.6 is 0 Å². The zero-order valence-corrected chi connectivity index (χ0v) is 16.9. The third-order valence-electron chi connectivity index (χ3n) is 4.69. The number of pyridine rings is 1. The third kappa shape index (κ3) is 4.79. The van der Waals surface area contributed by atoms with Gasteiger partial charge in [0.15, 0.2) is 11.6 Å². The molecule has 0 unspecified atom stereocenters. The summed E-state index contributed by atoms with van der Waals surface area (Å²) in [4.78, 5) is 13.8. The van der Waals surface area contributed by atoms with E-state index in [9.17, 15) is 13.2 Å². The first-order chi connectivity index (χ1) is 14.8. The van der Waals surface area contributed by atoms with Gasteiger partial charge >= 0.3 is 6.18 Å². The minimum Gasteiger partial charge on any atom is -0.496 e. The van der Waals surface area contributed by atoms with Crippen LogP contribution in [-0.2, 0) is 0 Å². The van der Waals surface area contributed by atoms with Gasteiger partial charge in [0.25, 0.3) is 0 Å². The second-order valence-corrected chi connectivity index (χ2v) is 6.99. The Bertz CT molecular complexity index is 1090. The highest BCUT2D eigenvalue weighted by Gasteiger charge is 2.34. The van der Waals surface area contributed by atoms with E-state index in [1.165, 1.54) is 6.20 Å². The van der Waals surface area contributed by atoms with Crippen molar-refractivity contribution < 1.29 is 22.6 Å². The maximum atomic E-state index is 12.9. The second kappa shape index (κ2) is 8.29. The Morgan fingerprint density at radius 2 is 2.03 bits per heavy atom. The number of nitrogens with zero attached hydrogens (tertiary/aromatic N) is 4. The van der Waals surface area contributed by atoms with Crippen molar-refractivity contribution in [1.29, 1.82) is 0 Å². The van der Waals surface area contributed by atoms with Crippen LogP contribution in [0.1, 0.15) is 5.69 Å². The van der Waals surface area contributed by atoms with Crippen molar-refractivity contribution in [3.63, 3.8) is 0 Å². The monoisotopic (exact) mass is 431 g/mol. The summed E-state index contributed by atoms with van der Waals surface area (Å²) in [6, 6.07) is 9.32. The number of hydrogen-bond donors (Lipinski definition) is 1. The molecule has 0 saturated carbocycles. The maximum absolute atomic E-state index is 12.9. The van der Waals surface area contributed by atoms with Gasteiger partial charge in [0.2, 0.25) is 5.95 Å². The van der Waals surface area contributed by atoms with Gasteiger partial charge in [-0.25, -0.2) is 4.98 Å². The fourth-order valence-corrected chi connectivity index (χ4v) is 3.34. The van der Waals surface area contributed by atoms with Crippen LogP contribution in [0.5, 0.6) is 11.5 Å². The summed E-state index contributed by atoms with van der Waals surface area (Å²) in [5.74, 6) is 1.11. The summed E-state index contributed by atoms with van der Waals surface area (Å²) in [7, 11) is 1.57. The number of hydrogen-bond acceptors (Lipinski definition) is 7. The molecule has 4 rings (SSSR count). The van der Waals surface area contributed by atoms with E-state index in [0.717, 1.165) is 21.7 Å². The van der Waals surface area contributed by atoms with Gasteiger partial charge in [0.05, 0.1) is 19.9 Å². The van der Waals surface area contributed by atoms with Crippen LogP contribution in [0.2, 0.25) is 0 Å². The Labute approximate surface area is 176 Å². The number of anilines is 3. The van der Waals surface area contributed by atoms with Gasteiger partial charge < -0.3 is 19.7 Å². The summed E-state index contributed by atoms with van der Waals surface area (Å²) in [5, 5.41) is 3.02. The van der Waals surface area contributed by atoms with E-state index >= 15 is 0 Å². The molecule has 31 heavy (non-hydrogen) atoms. The lowest BCUT2D eigenvalue weighted by molar-refractivity contribution is -0.120. The molecule has 1 aliphatic heterocycles. The number of methoxy groups -OCH3 is 1. The van der Waals surface area contributed by atoms with Crippen LogP contribution in [0.15, 0.2) is 42.7 Å². The third-order valence-corrected chi connectivity index (χ3v) is 4.69. The summed E-state index contributed by atoms with van der Waals surface area (Å²) >= 11 is 0. The summed E-state index contributed by atoms with van der Waals surface area (Å²) in [6.45, 7) is 1.04. The zero-order chi connectivity index (χ0) is 22.0. The number of alkyl halides is 3. The molecule has 3 heterocycles. The lowest BCUT2D eigenvalue weighted by Crippen LogP contribution is -2.40. The van der Waals surface area contributed by atoms with Crippen molar-refractivity contribution in [1.82, 2.24) is 15.0 Å². The minimum absolute atomic E-state index is 0.0941. The van der Waals surface area contributed by atoms with Crippen molar-refractivity contribution in [2.75, 3.05) is 37.0 Å². The summed E-state index contributed by atoms with van der Waals surface area (Å²) in [6.07, 6.45) is -1.24. The first kappa shape index (κ1) is 20.7. The molecule has 0 bridgehead atoms. The van der Waals surface area contributed by atoms with Crippen molar-refractivity contribution in [2.24, 2.45) is 0 Å². The molecule has 1 aliphatic rings. The summed E-state index contributed by atoms with van der Waals surface area (Å²) < 4.78 is 49.6. The maximum Gasteiger partial charge on any atom is 0.405 e. The number of ether oxygens (including phenoxy) is 2. The predicted octanol–water partition coefficient (Wildman–Crippen LogP) is 4.36. The average Bonchev–Trinajstić information content (AvgIpc) is 2.73. The fourth-order valence-electron chi connectivity index (χ4n) is 3.34. The highest BCUT2D eigenvalue weighted by atomic mass is 19.4. The first-order valence-corrected chi connectivity index (χ1v) is 9.52. The number of rotatable bonds is 5. The number of aromatic nitrogens is 3. The molecule has 0 spiro atoms. The second-order valence-electron chi connectivity index (χ2n) is 6.99. The molecule has 2 aromatic heterocycles. The molecule has 7 nitrogen and oxygen atoms in total. The highest BCUT2D eigenvalue weighted by molar-refractivity contribution is 5.74. The van der Waals surface area contributed by atoms with Gasteiger partial charge in [-0.05, 0) is 36.8 Å². The van der Waals surface area contributed by atoms with E-state index in [0.29, 0.717) is 11.4 Å². The van der Waals surface area contributed by atoms with Crippen molar-refractivity contribution in [3.05, 3.63) is 48.4 Å². The fraction of sp³-hybridized carbons (Fsp3) is 0.286. The van der Waals surface area contributed by atoms with Crippen LogP contribution in [0.25, 0.3) is 11.1 Å². The normalized spacial score (nSPS) is 13.4. The Balaban J connectivity index is 1.60. The van der Waals surface area contributed by atoms with Crippen LogP contribution < -0.4 is 19.7 Å². The lowest BCUT2D eigenvalue weighted by atomic mass is 10.0. The molecule has 162 valence electrons. The van der Waals surface area contributed by atoms with E-state index in [4.69, 9.17) is 9.47 Å². The number of halogens is 3. The summed E-state index contributed by atoms with van der Waals surface area (Å²) in [5.41, 5.74) is 3.36. The van der Waals surface area contributed by atoms with Gasteiger partial charge in [0.1, 0.15) is 18.9 Å². The molecular weight excluding hydrogens is 411 g/mol. The zero-order valence-electron chi connectivity index (χ0n) is 16.9. The standard InChI is InChI=1S/C21H20F3N5O2/c1-13-9-14(5-6-25-13)16-4-3-15(10-17(16)30-2)27-20-26-11-18-19(28-20)29(7-8-31-18)12-21(22,23)24/h3-6,9-11H,7-8,12H2,1-2H3,(H,26,27,28). The molecule has 0 saturated heterocycles. The quantitative estimate of drug-likeness (QED) is 0.644. The van der Waals surface area contributed by atoms with Crippen molar-refractivity contribution in [3.8, 4) is 22.6 Å². The number of benzene rings is 1. The molecule has 0 atom stereocenters. The Hall–Kier alpha value is -3.56. The Morgan fingerprint density at radius 3 is 2.77 bits per heavy atom. The molecular formula is C21H20F3N5O2. The van der Waals surface area contributed by atoms with E-state index in [-0.39, 0.29) is 30.7 Å². The number of fused-ring (bicyclic) bond motifs is 1. The lowest BCUT2D eigenvalue weighted by Gasteiger charge is -2.30. The number of nitrogens with one attached hydrogen (secondary N) is 1. The smallest absolute Gasteiger partial charge is 0.405 e. The molecule has 10 heteroatoms. The van der Waals surface area contributed by atoms with Gasteiger partial charge in [-0.3, -0.25) is 4.98 Å². The molecule has 0 amide bonds. The average molecular weight is 431 g/mol. The van der Waals surface area contributed by atoms with Gasteiger partial charge in [-0.1, -0.05) is 0 Å². The first-order valence-electron chi connectivity index (χ1n) is 9.52. The molecule has 1 N–H and O–H groups in total. The van der Waals surface area contributed by atoms with Crippen LogP contribution in [0.4, 0.5) is 30.6 Å². The van der Waals surface area contributed by atoms with Crippen molar-refractivity contribution in [2.45, 2.75) is 13.1 Å². The Kier molecular flexibility index (Phi) is 5.53. The minimum atomic E-state index is -4.35. The van der Waals surface area contributed by atoms with E-state index < -0.39 is 12.7 Å². The largest absolute Gasteiger partial charge is 0.496 e.